The maximum absolute atomic E-state index is 13.4. The van der Waals surface area contributed by atoms with E-state index in [9.17, 15) is 13.2 Å². The minimum Gasteiger partial charge on any atom is -0.489 e. The van der Waals surface area contributed by atoms with E-state index >= 15 is 0 Å². The lowest BCUT2D eigenvalue weighted by atomic mass is 9.98. The van der Waals surface area contributed by atoms with Crippen LogP contribution in [0.2, 0.25) is 0 Å². The zero-order valence-electron chi connectivity index (χ0n) is 14.9. The minimum atomic E-state index is -4.55. The van der Waals surface area contributed by atoms with Crippen LogP contribution in [-0.4, -0.2) is 6.61 Å². The fourth-order valence-corrected chi connectivity index (χ4v) is 3.58. The molecule has 0 atom stereocenters. The summed E-state index contributed by atoms with van der Waals surface area (Å²) in [5.74, 6) is 0.963. The van der Waals surface area contributed by atoms with Crippen LogP contribution in [0.25, 0.3) is 0 Å². The Morgan fingerprint density at radius 1 is 1.00 bits per heavy atom. The van der Waals surface area contributed by atoms with Crippen LogP contribution in [0.3, 0.4) is 0 Å². The first-order valence-corrected chi connectivity index (χ1v) is 10.5. The molecule has 0 radical (unpaired) electrons. The quantitative estimate of drug-likeness (QED) is 0.383. The molecule has 0 amide bonds. The van der Waals surface area contributed by atoms with E-state index in [1.165, 1.54) is 43.4 Å². The standard InChI is InChI=1S/C21H19Br2F3O2/c22-20(23)11-12-27-19-10-9-17(13-18(19)21(24,25)26)28-16-7-5-15(6-8-16)14-3-1-2-4-14/h5-11,13-14H,1-4,12H2. The molecule has 28 heavy (non-hydrogen) atoms. The second kappa shape index (κ2) is 9.35. The smallest absolute Gasteiger partial charge is 0.420 e. The highest BCUT2D eigenvalue weighted by molar-refractivity contribution is 9.28. The van der Waals surface area contributed by atoms with E-state index in [1.807, 2.05) is 24.3 Å². The summed E-state index contributed by atoms with van der Waals surface area (Å²) in [4.78, 5) is 0. The van der Waals surface area contributed by atoms with Gasteiger partial charge in [-0.3, -0.25) is 0 Å². The number of alkyl halides is 3. The first kappa shape index (κ1) is 21.2. The van der Waals surface area contributed by atoms with Gasteiger partial charge in [0.05, 0.1) is 3.39 Å². The molecule has 0 bridgehead atoms. The lowest BCUT2D eigenvalue weighted by Crippen LogP contribution is -2.09. The van der Waals surface area contributed by atoms with Gasteiger partial charge in [-0.05, 0) is 92.6 Å². The third-order valence-corrected chi connectivity index (χ3v) is 5.32. The fraction of sp³-hybridized carbons (Fsp3) is 0.333. The molecule has 150 valence electrons. The van der Waals surface area contributed by atoms with E-state index in [0.29, 0.717) is 15.1 Å². The highest BCUT2D eigenvalue weighted by atomic mass is 79.9. The van der Waals surface area contributed by atoms with Gasteiger partial charge in [0, 0.05) is 0 Å². The summed E-state index contributed by atoms with van der Waals surface area (Å²) in [6.07, 6.45) is 1.90. The Morgan fingerprint density at radius 3 is 2.25 bits per heavy atom. The summed E-state index contributed by atoms with van der Waals surface area (Å²) >= 11 is 6.27. The lowest BCUT2D eigenvalue weighted by molar-refractivity contribution is -0.138. The van der Waals surface area contributed by atoms with E-state index in [-0.39, 0.29) is 18.1 Å². The van der Waals surface area contributed by atoms with Gasteiger partial charge in [0.15, 0.2) is 0 Å². The van der Waals surface area contributed by atoms with Crippen molar-refractivity contribution >= 4 is 31.9 Å². The van der Waals surface area contributed by atoms with Crippen molar-refractivity contribution in [3.63, 3.8) is 0 Å². The van der Waals surface area contributed by atoms with Crippen molar-refractivity contribution < 1.29 is 22.6 Å². The Kier molecular flexibility index (Phi) is 7.10. The molecule has 2 aromatic carbocycles. The van der Waals surface area contributed by atoms with Crippen LogP contribution >= 0.6 is 31.9 Å². The normalized spacial score (nSPS) is 14.8. The summed E-state index contributed by atoms with van der Waals surface area (Å²) in [5.41, 5.74) is 0.391. The number of hydrogen-bond donors (Lipinski definition) is 0. The highest BCUT2D eigenvalue weighted by Gasteiger charge is 2.35. The Bertz CT molecular complexity index is 823. The van der Waals surface area contributed by atoms with E-state index in [0.717, 1.165) is 6.07 Å². The van der Waals surface area contributed by atoms with Crippen LogP contribution in [0.4, 0.5) is 13.2 Å². The zero-order chi connectivity index (χ0) is 20.1. The van der Waals surface area contributed by atoms with Crippen molar-refractivity contribution in [2.45, 2.75) is 37.8 Å². The van der Waals surface area contributed by atoms with Gasteiger partial charge >= 0.3 is 6.18 Å². The van der Waals surface area contributed by atoms with Gasteiger partial charge in [-0.1, -0.05) is 25.0 Å². The minimum absolute atomic E-state index is 0.00224. The maximum atomic E-state index is 13.4. The summed E-state index contributed by atoms with van der Waals surface area (Å²) < 4.78 is 51.7. The van der Waals surface area contributed by atoms with Gasteiger partial charge in [0.25, 0.3) is 0 Å². The average Bonchev–Trinajstić information content (AvgIpc) is 3.17. The Labute approximate surface area is 179 Å². The van der Waals surface area contributed by atoms with Gasteiger partial charge in [0.2, 0.25) is 0 Å². The number of halogens is 5. The first-order chi connectivity index (χ1) is 13.3. The van der Waals surface area contributed by atoms with Crippen LogP contribution in [0.1, 0.15) is 42.7 Å². The molecule has 7 heteroatoms. The van der Waals surface area contributed by atoms with Crippen molar-refractivity contribution in [1.29, 1.82) is 0 Å². The molecule has 0 saturated heterocycles. The van der Waals surface area contributed by atoms with Crippen LogP contribution in [0.15, 0.2) is 51.9 Å². The molecule has 2 aromatic rings. The van der Waals surface area contributed by atoms with Crippen molar-refractivity contribution in [1.82, 2.24) is 0 Å². The molecule has 0 aromatic heterocycles. The van der Waals surface area contributed by atoms with E-state index in [2.05, 4.69) is 31.9 Å². The average molecular weight is 520 g/mol. The van der Waals surface area contributed by atoms with Gasteiger partial charge in [0.1, 0.15) is 29.4 Å². The van der Waals surface area contributed by atoms with E-state index < -0.39 is 11.7 Å². The van der Waals surface area contributed by atoms with Crippen LogP contribution in [0, 0.1) is 0 Å². The number of benzene rings is 2. The predicted molar refractivity (Wildman–Crippen MR) is 111 cm³/mol. The molecule has 0 spiro atoms. The largest absolute Gasteiger partial charge is 0.489 e. The van der Waals surface area contributed by atoms with Crippen molar-refractivity contribution in [2.75, 3.05) is 6.61 Å². The van der Waals surface area contributed by atoms with Gasteiger partial charge < -0.3 is 9.47 Å². The zero-order valence-corrected chi connectivity index (χ0v) is 18.1. The van der Waals surface area contributed by atoms with Crippen LogP contribution in [0.5, 0.6) is 17.2 Å². The number of rotatable bonds is 6. The Balaban J connectivity index is 1.75. The SMILES string of the molecule is FC(F)(F)c1cc(Oc2ccc(C3CCCC3)cc2)ccc1OCC=C(Br)Br. The van der Waals surface area contributed by atoms with Gasteiger partial charge in [-0.15, -0.1) is 0 Å². The molecule has 3 rings (SSSR count). The molecule has 1 aliphatic rings. The van der Waals surface area contributed by atoms with Gasteiger partial charge in [-0.25, -0.2) is 0 Å². The van der Waals surface area contributed by atoms with Crippen molar-refractivity contribution in [2.24, 2.45) is 0 Å². The fourth-order valence-electron chi connectivity index (χ4n) is 3.32. The molecule has 0 aliphatic heterocycles. The molecule has 0 N–H and O–H groups in total. The van der Waals surface area contributed by atoms with Crippen LogP contribution in [-0.2, 0) is 6.18 Å². The summed E-state index contributed by atoms with van der Waals surface area (Å²) in [6, 6.07) is 11.3. The Morgan fingerprint density at radius 2 is 1.64 bits per heavy atom. The molecule has 1 fully saturated rings. The highest BCUT2D eigenvalue weighted by Crippen LogP contribution is 2.40. The number of ether oxygens (including phenoxy) is 2. The van der Waals surface area contributed by atoms with Crippen molar-refractivity contribution in [3.05, 3.63) is 63.1 Å². The van der Waals surface area contributed by atoms with Crippen molar-refractivity contribution in [3.8, 4) is 17.2 Å². The molecule has 1 aliphatic carbocycles. The monoisotopic (exact) mass is 518 g/mol. The summed E-state index contributed by atoms with van der Waals surface area (Å²) in [6.45, 7) is -0.00224. The second-order valence-electron chi connectivity index (χ2n) is 6.61. The second-order valence-corrected chi connectivity index (χ2v) is 9.39. The molecular weight excluding hydrogens is 501 g/mol. The van der Waals surface area contributed by atoms with Gasteiger partial charge in [-0.2, -0.15) is 13.2 Å². The van der Waals surface area contributed by atoms with E-state index in [4.69, 9.17) is 9.47 Å². The molecule has 2 nitrogen and oxygen atoms in total. The Hall–Kier alpha value is -1.47. The molecule has 0 heterocycles. The molecule has 1 saturated carbocycles. The first-order valence-electron chi connectivity index (χ1n) is 8.96. The third kappa shape index (κ3) is 5.77. The maximum Gasteiger partial charge on any atom is 0.420 e. The topological polar surface area (TPSA) is 18.5 Å². The molecule has 0 unspecified atom stereocenters. The third-order valence-electron chi connectivity index (χ3n) is 4.68. The summed E-state index contributed by atoms with van der Waals surface area (Å²) in [7, 11) is 0. The molecular formula is C21H19Br2F3O2. The predicted octanol–water partition coefficient (Wildman–Crippen LogP) is 8.17. The lowest BCUT2D eigenvalue weighted by Gasteiger charge is -2.15. The summed E-state index contributed by atoms with van der Waals surface area (Å²) in [5, 5.41) is 0. The van der Waals surface area contributed by atoms with Crippen LogP contribution < -0.4 is 9.47 Å². The number of hydrogen-bond acceptors (Lipinski definition) is 2. The van der Waals surface area contributed by atoms with E-state index in [1.54, 1.807) is 6.08 Å².